The summed E-state index contributed by atoms with van der Waals surface area (Å²) >= 11 is 0. The third-order valence-electron chi connectivity index (χ3n) is 10.5. The minimum absolute atomic E-state index is 0.00968. The number of ether oxygens (including phenoxy) is 2. The van der Waals surface area contributed by atoms with Gasteiger partial charge in [0.05, 0.1) is 34.4 Å². The van der Waals surface area contributed by atoms with E-state index in [0.717, 1.165) is 89.9 Å². The normalized spacial score (nSPS) is 14.5. The Bertz CT molecular complexity index is 1480. The maximum Gasteiger partial charge on any atom is 0.306 e. The molecule has 0 aliphatic rings. The Balaban J connectivity index is 4.24. The van der Waals surface area contributed by atoms with Crippen LogP contribution in [0, 0.1) is 0 Å². The first-order valence-corrected chi connectivity index (χ1v) is 27.7. The number of unbranched alkanes of at least 4 members (excludes halogenated alkanes) is 13. The molecule has 0 fully saturated rings. The maximum atomic E-state index is 12.7. The van der Waals surface area contributed by atoms with Crippen LogP contribution in [0.4, 0.5) is 0 Å². The molecule has 0 aliphatic carbocycles. The Labute approximate surface area is 412 Å². The van der Waals surface area contributed by atoms with E-state index in [0.29, 0.717) is 24.1 Å². The van der Waals surface area contributed by atoms with Crippen molar-refractivity contribution in [3.8, 4) is 0 Å². The molecule has 382 valence electrons. The predicted octanol–water partition coefficient (Wildman–Crippen LogP) is 15.9. The lowest BCUT2D eigenvalue weighted by molar-refractivity contribution is -0.870. The smallest absolute Gasteiger partial charge is 0.306 e. The number of likely N-dealkylation sites (N-methyl/N-ethyl adjacent to an activating group) is 1. The Morgan fingerprint density at radius 1 is 0.463 bits per heavy atom. The van der Waals surface area contributed by atoms with Crippen LogP contribution in [0.1, 0.15) is 181 Å². The van der Waals surface area contributed by atoms with Gasteiger partial charge >= 0.3 is 5.97 Å². The van der Waals surface area contributed by atoms with Crippen LogP contribution >= 0.6 is 7.82 Å². The van der Waals surface area contributed by atoms with Gasteiger partial charge in [-0.25, -0.2) is 0 Å². The topological polar surface area (TPSA) is 94.1 Å². The van der Waals surface area contributed by atoms with E-state index in [9.17, 15) is 14.3 Å². The van der Waals surface area contributed by atoms with E-state index in [1.807, 2.05) is 21.1 Å². The first-order chi connectivity index (χ1) is 32.6. The molecule has 0 radical (unpaired) electrons. The molecule has 2 atom stereocenters. The van der Waals surface area contributed by atoms with Crippen LogP contribution in [0.5, 0.6) is 0 Å². The monoisotopic (exact) mass is 952 g/mol. The van der Waals surface area contributed by atoms with Crippen LogP contribution < -0.4 is 4.89 Å². The number of carbonyl (C=O) groups excluding carboxylic acids is 1. The van der Waals surface area contributed by atoms with Gasteiger partial charge in [-0.3, -0.25) is 9.36 Å². The van der Waals surface area contributed by atoms with Gasteiger partial charge in [-0.2, -0.15) is 0 Å². The van der Waals surface area contributed by atoms with E-state index < -0.39 is 13.9 Å². The summed E-state index contributed by atoms with van der Waals surface area (Å²) in [6.45, 7) is 5.09. The molecule has 0 aliphatic heterocycles. The minimum atomic E-state index is -4.56. The highest BCUT2D eigenvalue weighted by Crippen LogP contribution is 2.38. The molecule has 8 nitrogen and oxygen atoms in total. The van der Waals surface area contributed by atoms with Crippen molar-refractivity contribution < 1.29 is 37.3 Å². The Kier molecular flexibility index (Phi) is 47.0. The zero-order valence-corrected chi connectivity index (χ0v) is 44.2. The molecule has 9 heteroatoms. The zero-order valence-electron chi connectivity index (χ0n) is 43.3. The van der Waals surface area contributed by atoms with Crippen LogP contribution in [-0.4, -0.2) is 70.7 Å². The summed E-state index contributed by atoms with van der Waals surface area (Å²) in [5.74, 6) is -0.381. The number of carbonyl (C=O) groups is 1. The number of nitrogens with zero attached hydrogens (tertiary/aromatic N) is 1. The number of hydrogen-bond donors (Lipinski definition) is 0. The van der Waals surface area contributed by atoms with Crippen molar-refractivity contribution in [3.63, 3.8) is 0 Å². The SMILES string of the molecule is CC/C=C\C/C=C\C/C=C\C/C=C\C/C=C\C/C=C\CCCCC(=O)OC(COCCCCCCCCCCCCC/C=C\C/C=C\C/C=C\C/C=C\CC)COP(=O)([O-])OCC[N+](C)(C)C. The summed E-state index contributed by atoms with van der Waals surface area (Å²) in [7, 11) is 1.31. The number of rotatable bonds is 47. The van der Waals surface area contributed by atoms with Crippen LogP contribution in [0.15, 0.2) is 122 Å². The van der Waals surface area contributed by atoms with Crippen molar-refractivity contribution in [2.24, 2.45) is 0 Å². The lowest BCUT2D eigenvalue weighted by Gasteiger charge is -2.28. The fraction of sp³-hybridized carbons (Fsp3) is 0.638. The Morgan fingerprint density at radius 2 is 0.821 bits per heavy atom. The fourth-order valence-corrected chi connectivity index (χ4v) is 7.27. The van der Waals surface area contributed by atoms with E-state index in [2.05, 4.69) is 135 Å². The van der Waals surface area contributed by atoms with Crippen molar-refractivity contribution in [2.75, 3.05) is 54.1 Å². The van der Waals surface area contributed by atoms with Gasteiger partial charge in [-0.15, -0.1) is 0 Å². The van der Waals surface area contributed by atoms with Crippen LogP contribution in [0.2, 0.25) is 0 Å². The quantitative estimate of drug-likeness (QED) is 0.0197. The summed E-state index contributed by atoms with van der Waals surface area (Å²) in [5, 5.41) is 0. The third kappa shape index (κ3) is 53.7. The predicted molar refractivity (Wildman–Crippen MR) is 286 cm³/mol. The molecule has 0 saturated heterocycles. The number of phosphoric acid groups is 1. The van der Waals surface area contributed by atoms with Gasteiger partial charge in [0.15, 0.2) is 0 Å². The highest BCUT2D eigenvalue weighted by Gasteiger charge is 2.20. The van der Waals surface area contributed by atoms with Crippen molar-refractivity contribution >= 4 is 13.8 Å². The summed E-state index contributed by atoms with van der Waals surface area (Å²) in [4.78, 5) is 25.2. The van der Waals surface area contributed by atoms with E-state index in [1.54, 1.807) is 0 Å². The number of quaternary nitrogens is 1. The molecule has 0 bridgehead atoms. The van der Waals surface area contributed by atoms with Crippen molar-refractivity contribution in [3.05, 3.63) is 122 Å². The van der Waals surface area contributed by atoms with E-state index in [-0.39, 0.29) is 32.2 Å². The van der Waals surface area contributed by atoms with Crippen molar-refractivity contribution in [1.82, 2.24) is 0 Å². The molecule has 0 aromatic carbocycles. The van der Waals surface area contributed by atoms with Gasteiger partial charge in [0.25, 0.3) is 7.82 Å². The van der Waals surface area contributed by atoms with Crippen LogP contribution in [-0.2, 0) is 27.9 Å². The van der Waals surface area contributed by atoms with Gasteiger partial charge < -0.3 is 27.9 Å². The minimum Gasteiger partial charge on any atom is -0.756 e. The van der Waals surface area contributed by atoms with Gasteiger partial charge in [0.1, 0.15) is 19.3 Å². The number of hydrogen-bond acceptors (Lipinski definition) is 7. The van der Waals surface area contributed by atoms with Gasteiger partial charge in [-0.05, 0) is 103 Å². The van der Waals surface area contributed by atoms with E-state index >= 15 is 0 Å². The molecule has 2 unspecified atom stereocenters. The largest absolute Gasteiger partial charge is 0.756 e. The molecular weight excluding hydrogens is 854 g/mol. The molecular formula is C58H98NO7P. The molecule has 0 saturated carbocycles. The number of esters is 1. The second-order valence-corrected chi connectivity index (χ2v) is 19.5. The lowest BCUT2D eigenvalue weighted by Crippen LogP contribution is -2.37. The maximum absolute atomic E-state index is 12.7. The van der Waals surface area contributed by atoms with Gasteiger partial charge in [-0.1, -0.05) is 193 Å². The lowest BCUT2D eigenvalue weighted by atomic mass is 10.1. The second-order valence-electron chi connectivity index (χ2n) is 18.1. The zero-order chi connectivity index (χ0) is 49.0. The van der Waals surface area contributed by atoms with Crippen LogP contribution in [0.25, 0.3) is 0 Å². The highest BCUT2D eigenvalue weighted by molar-refractivity contribution is 7.45. The highest BCUT2D eigenvalue weighted by atomic mass is 31.2. The molecule has 0 aromatic heterocycles. The Hall–Kier alpha value is -3.10. The molecule has 0 heterocycles. The third-order valence-corrected chi connectivity index (χ3v) is 11.5. The fourth-order valence-electron chi connectivity index (χ4n) is 6.54. The summed E-state index contributed by atoms with van der Waals surface area (Å²) in [6, 6.07) is 0. The van der Waals surface area contributed by atoms with E-state index in [4.69, 9.17) is 18.5 Å². The molecule has 0 spiro atoms. The Morgan fingerprint density at radius 3 is 1.22 bits per heavy atom. The number of allylic oxidation sites excluding steroid dienone is 20. The van der Waals surface area contributed by atoms with Crippen molar-refractivity contribution in [1.29, 1.82) is 0 Å². The molecule has 0 aromatic rings. The molecule has 0 amide bonds. The van der Waals surface area contributed by atoms with Crippen LogP contribution in [0.3, 0.4) is 0 Å². The van der Waals surface area contributed by atoms with E-state index in [1.165, 1.54) is 64.2 Å². The standard InChI is InChI=1S/C58H98NO7P/c1-6-8-10-12-14-16-18-20-22-24-26-28-29-30-32-34-36-38-40-42-44-46-48-50-53-63-55-57(56-65-67(61,62)64-54-52-59(3,4)5)66-58(60)51-49-47-45-43-41-39-37-35-33-31-27-25-23-21-19-17-15-13-11-9-7-2/h8-11,14-17,20-23,26-28,31,35,37,41,43,57H,6-7,12-13,18-19,24-25,29-30,32-34,36,38-40,42,44-56H2,1-5H3/b10-8-,11-9-,16-14-,17-15-,22-20-,23-21-,28-26-,31-27-,37-35-,43-41-. The number of phosphoric ester groups is 1. The first kappa shape index (κ1) is 63.9. The van der Waals surface area contributed by atoms with Gasteiger partial charge in [0, 0.05) is 13.0 Å². The average molecular weight is 952 g/mol. The summed E-state index contributed by atoms with van der Waals surface area (Å²) in [5.41, 5.74) is 0. The van der Waals surface area contributed by atoms with Crippen molar-refractivity contribution in [2.45, 2.75) is 187 Å². The summed E-state index contributed by atoms with van der Waals surface area (Å²) < 4.78 is 34.7. The molecule has 0 N–H and O–H groups in total. The van der Waals surface area contributed by atoms with Gasteiger partial charge in [0.2, 0.25) is 0 Å². The second kappa shape index (κ2) is 49.3. The summed E-state index contributed by atoms with van der Waals surface area (Å²) in [6.07, 6.45) is 70.9. The first-order valence-electron chi connectivity index (χ1n) is 26.3. The molecule has 67 heavy (non-hydrogen) atoms. The average Bonchev–Trinajstić information content (AvgIpc) is 3.29. The molecule has 0 rings (SSSR count).